The number of amides is 1. The molecule has 50 valence electrons. The smallest absolute Gasteiger partial charge is 0.204 e. The van der Waals surface area contributed by atoms with Crippen molar-refractivity contribution in [3.63, 3.8) is 0 Å². The number of nitrogens with two attached hydrogens (primary N) is 2. The highest BCUT2D eigenvalue weighted by molar-refractivity contribution is 5.42. The number of carbonyl (C=O) groups excluding carboxylic acids is 1. The van der Waals surface area contributed by atoms with Crippen LogP contribution in [0.1, 0.15) is 6.92 Å². The zero-order valence-electron chi connectivity index (χ0n) is 5.29. The Labute approximate surface area is 49.4 Å². The molecule has 0 radical (unpaired) electrons. The molecule has 0 aliphatic carbocycles. The fourth-order valence-electron chi connectivity index (χ4n) is 0. The Bertz CT molecular complexity index is 46.5. The second-order valence-corrected chi connectivity index (χ2v) is 1.21. The molecule has 0 aromatic rings. The van der Waals surface area contributed by atoms with Crippen LogP contribution in [0.2, 0.25) is 0 Å². The molecule has 0 rings (SSSR count). The third-order valence-corrected chi connectivity index (χ3v) is 0.499. The SMILES string of the molecule is CCN(C)N.NC=O. The maximum Gasteiger partial charge on any atom is 0.204 e. The summed E-state index contributed by atoms with van der Waals surface area (Å²) in [6.45, 7) is 2.92. The third kappa shape index (κ3) is 53.8. The first kappa shape index (κ1) is 10.4. The fraction of sp³-hybridized carbons (Fsp3) is 0.750. The molecule has 0 atom stereocenters. The molecule has 1 amide bonds. The predicted molar refractivity (Wildman–Crippen MR) is 32.7 cm³/mol. The molecule has 0 aliphatic heterocycles. The largest absolute Gasteiger partial charge is 0.372 e. The summed E-state index contributed by atoms with van der Waals surface area (Å²) in [7, 11) is 1.83. The van der Waals surface area contributed by atoms with E-state index in [-0.39, 0.29) is 6.41 Å². The lowest BCUT2D eigenvalue weighted by atomic mass is 10.8. The first-order valence-electron chi connectivity index (χ1n) is 2.30. The van der Waals surface area contributed by atoms with Crippen LogP contribution < -0.4 is 11.6 Å². The van der Waals surface area contributed by atoms with Crippen LogP contribution in [0, 0.1) is 0 Å². The lowest BCUT2D eigenvalue weighted by molar-refractivity contribution is -0.106. The minimum Gasteiger partial charge on any atom is -0.372 e. The molecule has 0 fully saturated rings. The van der Waals surface area contributed by atoms with Gasteiger partial charge in [-0.25, -0.2) is 0 Å². The van der Waals surface area contributed by atoms with Gasteiger partial charge in [0, 0.05) is 13.6 Å². The number of rotatable bonds is 1. The van der Waals surface area contributed by atoms with Crippen LogP contribution in [-0.4, -0.2) is 25.0 Å². The number of hydrogen-bond acceptors (Lipinski definition) is 3. The minimum atomic E-state index is 0.250. The fourth-order valence-corrected chi connectivity index (χ4v) is 0. The van der Waals surface area contributed by atoms with Crippen LogP contribution in [0.25, 0.3) is 0 Å². The molecule has 4 N–H and O–H groups in total. The van der Waals surface area contributed by atoms with Gasteiger partial charge in [-0.3, -0.25) is 15.6 Å². The molecule has 0 saturated heterocycles. The summed E-state index contributed by atoms with van der Waals surface area (Å²) in [4.78, 5) is 8.58. The second-order valence-electron chi connectivity index (χ2n) is 1.21. The lowest BCUT2D eigenvalue weighted by Crippen LogP contribution is -2.24. The van der Waals surface area contributed by atoms with Crippen molar-refractivity contribution in [2.75, 3.05) is 13.6 Å². The van der Waals surface area contributed by atoms with Gasteiger partial charge >= 0.3 is 0 Å². The Morgan fingerprint density at radius 3 is 1.88 bits per heavy atom. The quantitative estimate of drug-likeness (QED) is 0.262. The van der Waals surface area contributed by atoms with E-state index in [1.807, 2.05) is 14.0 Å². The predicted octanol–water partition coefficient (Wildman–Crippen LogP) is -1.09. The van der Waals surface area contributed by atoms with Gasteiger partial charge in [-0.2, -0.15) is 0 Å². The molecule has 4 nitrogen and oxygen atoms in total. The highest BCUT2D eigenvalue weighted by atomic mass is 16.1. The Morgan fingerprint density at radius 1 is 1.75 bits per heavy atom. The minimum absolute atomic E-state index is 0.250. The lowest BCUT2D eigenvalue weighted by Gasteiger charge is -2.00. The standard InChI is InChI=1S/C3H10N2.CH3NO/c1-3-5(2)4;2-1-3/h3-4H2,1-2H3;1H,(H2,2,3). The Balaban J connectivity index is 0. The van der Waals surface area contributed by atoms with Crippen LogP contribution in [-0.2, 0) is 4.79 Å². The molecule has 4 heteroatoms. The summed E-state index contributed by atoms with van der Waals surface area (Å²) in [5.41, 5.74) is 4.17. The first-order chi connectivity index (χ1) is 3.68. The number of hydrazine groups is 1. The normalized spacial score (nSPS) is 7.50. The molecule has 0 aromatic carbocycles. The molecular formula is C4H13N3O. The van der Waals surface area contributed by atoms with Crippen molar-refractivity contribution in [3.8, 4) is 0 Å². The highest BCUT2D eigenvalue weighted by Crippen LogP contribution is 1.57. The Hall–Kier alpha value is -0.610. The number of nitrogens with zero attached hydrogens (tertiary/aromatic N) is 1. The Kier molecular flexibility index (Phi) is 12.5. The van der Waals surface area contributed by atoms with Crippen LogP contribution in [0.5, 0.6) is 0 Å². The summed E-state index contributed by atoms with van der Waals surface area (Å²) in [6, 6.07) is 0. The van der Waals surface area contributed by atoms with Gasteiger partial charge in [-0.05, 0) is 0 Å². The van der Waals surface area contributed by atoms with Crippen molar-refractivity contribution in [2.24, 2.45) is 11.6 Å². The van der Waals surface area contributed by atoms with E-state index in [1.165, 1.54) is 0 Å². The second kappa shape index (κ2) is 9.63. The van der Waals surface area contributed by atoms with Gasteiger partial charge in [0.2, 0.25) is 6.41 Å². The molecular weight excluding hydrogens is 106 g/mol. The van der Waals surface area contributed by atoms with Gasteiger partial charge in [0.1, 0.15) is 0 Å². The summed E-state index contributed by atoms with van der Waals surface area (Å²) in [6.07, 6.45) is 0.250. The molecule has 0 saturated carbocycles. The molecule has 0 aliphatic rings. The summed E-state index contributed by atoms with van der Waals surface area (Å²) >= 11 is 0. The average Bonchev–Trinajstić information content (AvgIpc) is 1.69. The van der Waals surface area contributed by atoms with Crippen molar-refractivity contribution in [1.82, 2.24) is 5.01 Å². The Morgan fingerprint density at radius 2 is 1.88 bits per heavy atom. The van der Waals surface area contributed by atoms with E-state index in [0.29, 0.717) is 0 Å². The van der Waals surface area contributed by atoms with Crippen molar-refractivity contribution in [3.05, 3.63) is 0 Å². The van der Waals surface area contributed by atoms with E-state index >= 15 is 0 Å². The number of carbonyl (C=O) groups is 1. The summed E-state index contributed by atoms with van der Waals surface area (Å²) < 4.78 is 0. The molecule has 0 aromatic heterocycles. The van der Waals surface area contributed by atoms with Crippen LogP contribution >= 0.6 is 0 Å². The van der Waals surface area contributed by atoms with E-state index < -0.39 is 0 Å². The van der Waals surface area contributed by atoms with E-state index in [1.54, 1.807) is 5.01 Å². The molecule has 0 heterocycles. The molecule has 0 bridgehead atoms. The first-order valence-corrected chi connectivity index (χ1v) is 2.30. The van der Waals surface area contributed by atoms with E-state index in [0.717, 1.165) is 6.54 Å². The summed E-state index contributed by atoms with van der Waals surface area (Å²) in [5, 5.41) is 1.62. The van der Waals surface area contributed by atoms with Gasteiger partial charge in [-0.1, -0.05) is 6.92 Å². The van der Waals surface area contributed by atoms with Crippen molar-refractivity contribution < 1.29 is 4.79 Å². The van der Waals surface area contributed by atoms with E-state index in [2.05, 4.69) is 5.73 Å². The van der Waals surface area contributed by atoms with Crippen molar-refractivity contribution in [1.29, 1.82) is 0 Å². The maximum absolute atomic E-state index is 8.58. The molecule has 0 unspecified atom stereocenters. The topological polar surface area (TPSA) is 72.3 Å². The van der Waals surface area contributed by atoms with E-state index in [9.17, 15) is 0 Å². The number of primary amides is 1. The van der Waals surface area contributed by atoms with Gasteiger partial charge in [0.25, 0.3) is 0 Å². The van der Waals surface area contributed by atoms with Crippen LogP contribution in [0.3, 0.4) is 0 Å². The molecule has 8 heavy (non-hydrogen) atoms. The van der Waals surface area contributed by atoms with Crippen molar-refractivity contribution in [2.45, 2.75) is 6.92 Å². The summed E-state index contributed by atoms with van der Waals surface area (Å²) in [5.74, 6) is 5.12. The highest BCUT2D eigenvalue weighted by Gasteiger charge is 1.72. The van der Waals surface area contributed by atoms with Gasteiger partial charge < -0.3 is 5.73 Å². The van der Waals surface area contributed by atoms with E-state index in [4.69, 9.17) is 10.6 Å². The maximum atomic E-state index is 8.58. The molecule has 0 spiro atoms. The zero-order chi connectivity index (χ0) is 6.99. The zero-order valence-corrected chi connectivity index (χ0v) is 5.29. The number of hydrogen-bond donors (Lipinski definition) is 2. The monoisotopic (exact) mass is 119 g/mol. The van der Waals surface area contributed by atoms with Crippen LogP contribution in [0.4, 0.5) is 0 Å². The van der Waals surface area contributed by atoms with Gasteiger partial charge in [0.05, 0.1) is 0 Å². The van der Waals surface area contributed by atoms with Crippen LogP contribution in [0.15, 0.2) is 0 Å². The third-order valence-electron chi connectivity index (χ3n) is 0.499. The van der Waals surface area contributed by atoms with Gasteiger partial charge in [0.15, 0.2) is 0 Å². The van der Waals surface area contributed by atoms with Gasteiger partial charge in [-0.15, -0.1) is 0 Å². The average molecular weight is 119 g/mol. The van der Waals surface area contributed by atoms with Crippen molar-refractivity contribution >= 4 is 6.41 Å².